The lowest BCUT2D eigenvalue weighted by Crippen LogP contribution is -2.37. The van der Waals surface area contributed by atoms with Crippen molar-refractivity contribution in [2.75, 3.05) is 19.7 Å². The van der Waals surface area contributed by atoms with Crippen molar-refractivity contribution in [2.24, 2.45) is 0 Å². The minimum absolute atomic E-state index is 0.00131. The lowest BCUT2D eigenvalue weighted by molar-refractivity contribution is -0.122. The summed E-state index contributed by atoms with van der Waals surface area (Å²) >= 11 is 12.0. The highest BCUT2D eigenvalue weighted by Gasteiger charge is 2.16. The number of carbonyl (C=O) groups is 1. The number of aliphatic hydroxyl groups excluding tert-OH is 1. The maximum absolute atomic E-state index is 12.4. The number of carbonyl (C=O) groups excluding carboxylic acids is 1. The van der Waals surface area contributed by atoms with Gasteiger partial charge in [-0.05, 0) is 42.4 Å². The quantitative estimate of drug-likeness (QED) is 0.540. The average molecular weight is 435 g/mol. The molecule has 0 fully saturated rings. The van der Waals surface area contributed by atoms with Crippen LogP contribution in [0, 0.1) is 0 Å². The predicted molar refractivity (Wildman–Crippen MR) is 116 cm³/mol. The van der Waals surface area contributed by atoms with E-state index < -0.39 is 0 Å². The van der Waals surface area contributed by atoms with Crippen LogP contribution >= 0.6 is 23.2 Å². The summed E-state index contributed by atoms with van der Waals surface area (Å²) in [6.07, 6.45) is 0. The van der Waals surface area contributed by atoms with Crippen LogP contribution in [0.15, 0.2) is 42.5 Å². The Labute approximate surface area is 180 Å². The number of nitrogens with one attached hydrogen (secondary N) is 1. The van der Waals surface area contributed by atoms with E-state index in [0.29, 0.717) is 36.2 Å². The van der Waals surface area contributed by atoms with Gasteiger partial charge in [0.05, 0.1) is 30.7 Å². The number of halogens is 2. The van der Waals surface area contributed by atoms with Crippen LogP contribution in [0.3, 0.4) is 0 Å². The van der Waals surface area contributed by atoms with Gasteiger partial charge in [-0.3, -0.25) is 9.69 Å². The zero-order valence-electron chi connectivity index (χ0n) is 16.2. The van der Waals surface area contributed by atoms with Gasteiger partial charge < -0.3 is 15.0 Å². The number of aliphatic hydroxyl groups is 1. The van der Waals surface area contributed by atoms with Crippen LogP contribution in [0.2, 0.25) is 10.0 Å². The monoisotopic (exact) mass is 434 g/mol. The van der Waals surface area contributed by atoms with Crippen LogP contribution in [0.4, 0.5) is 0 Å². The number of hydrogen-bond donors (Lipinski definition) is 2. The Morgan fingerprint density at radius 2 is 1.90 bits per heavy atom. The van der Waals surface area contributed by atoms with E-state index in [1.807, 2.05) is 40.7 Å². The Kier molecular flexibility index (Phi) is 7.50. The molecule has 0 radical (unpaired) electrons. The van der Waals surface area contributed by atoms with E-state index in [9.17, 15) is 9.90 Å². The maximum Gasteiger partial charge on any atom is 0.234 e. The average Bonchev–Trinajstić information content (AvgIpc) is 3.04. The zero-order chi connectivity index (χ0) is 20.8. The first kappa shape index (κ1) is 21.6. The predicted octanol–water partition coefficient (Wildman–Crippen LogP) is 3.47. The van der Waals surface area contributed by atoms with Crippen molar-refractivity contribution in [3.8, 4) is 0 Å². The summed E-state index contributed by atoms with van der Waals surface area (Å²) in [6, 6.07) is 12.9. The molecule has 1 amide bonds. The van der Waals surface area contributed by atoms with Gasteiger partial charge in [0.25, 0.3) is 0 Å². The zero-order valence-corrected chi connectivity index (χ0v) is 17.7. The Morgan fingerprint density at radius 1 is 1.17 bits per heavy atom. The van der Waals surface area contributed by atoms with E-state index in [1.165, 1.54) is 0 Å². The molecule has 1 heterocycles. The second-order valence-electron chi connectivity index (χ2n) is 6.74. The third kappa shape index (κ3) is 5.70. The highest BCUT2D eigenvalue weighted by Crippen LogP contribution is 2.21. The first-order valence-electron chi connectivity index (χ1n) is 9.49. The van der Waals surface area contributed by atoms with Gasteiger partial charge in [-0.25, -0.2) is 4.98 Å². The first-order chi connectivity index (χ1) is 14.0. The fourth-order valence-electron chi connectivity index (χ4n) is 3.16. The standard InChI is InChI=1S/C21H24Cl2N4O2/c1-2-26(14-21(29)24-12-15-3-5-16(22)6-4-15)13-20-25-18-8-7-17(23)11-19(18)27(20)9-10-28/h3-8,11,28H,2,9-10,12-14H2,1H3,(H,24,29). The number of aromatic nitrogens is 2. The van der Waals surface area contributed by atoms with E-state index in [0.717, 1.165) is 22.4 Å². The lowest BCUT2D eigenvalue weighted by atomic mass is 10.2. The molecule has 3 rings (SSSR count). The van der Waals surface area contributed by atoms with Gasteiger partial charge in [-0.1, -0.05) is 42.3 Å². The van der Waals surface area contributed by atoms with Crippen LogP contribution in [-0.2, 0) is 24.4 Å². The van der Waals surface area contributed by atoms with E-state index in [1.54, 1.807) is 18.2 Å². The maximum atomic E-state index is 12.4. The summed E-state index contributed by atoms with van der Waals surface area (Å²) in [5, 5.41) is 13.7. The third-order valence-electron chi connectivity index (χ3n) is 4.70. The molecule has 1 aromatic heterocycles. The minimum Gasteiger partial charge on any atom is -0.395 e. The molecule has 3 aromatic rings. The van der Waals surface area contributed by atoms with Gasteiger partial charge in [0.1, 0.15) is 5.82 Å². The molecule has 0 bridgehead atoms. The highest BCUT2D eigenvalue weighted by molar-refractivity contribution is 6.31. The molecule has 6 nitrogen and oxygen atoms in total. The van der Waals surface area contributed by atoms with Crippen molar-refractivity contribution in [2.45, 2.75) is 26.6 Å². The van der Waals surface area contributed by atoms with Crippen molar-refractivity contribution in [3.63, 3.8) is 0 Å². The van der Waals surface area contributed by atoms with E-state index in [2.05, 4.69) is 10.3 Å². The molecule has 0 aliphatic heterocycles. The number of benzene rings is 2. The first-order valence-corrected chi connectivity index (χ1v) is 10.2. The van der Waals surface area contributed by atoms with Crippen LogP contribution in [0.1, 0.15) is 18.3 Å². The van der Waals surface area contributed by atoms with Gasteiger partial charge >= 0.3 is 0 Å². The summed E-state index contributed by atoms with van der Waals surface area (Å²) in [7, 11) is 0. The molecule has 0 aliphatic carbocycles. The van der Waals surface area contributed by atoms with Crippen molar-refractivity contribution < 1.29 is 9.90 Å². The fraction of sp³-hybridized carbons (Fsp3) is 0.333. The number of likely N-dealkylation sites (N-methyl/N-ethyl adjacent to an activating group) is 1. The molecule has 29 heavy (non-hydrogen) atoms. The second-order valence-corrected chi connectivity index (χ2v) is 7.62. The molecule has 8 heteroatoms. The Hall–Kier alpha value is -2.12. The molecule has 0 atom stereocenters. The number of fused-ring (bicyclic) bond motifs is 1. The molecule has 2 N–H and O–H groups in total. The molecule has 2 aromatic carbocycles. The Bertz CT molecular complexity index is 973. The number of rotatable bonds is 9. The van der Waals surface area contributed by atoms with Crippen molar-refractivity contribution in [1.82, 2.24) is 19.8 Å². The van der Waals surface area contributed by atoms with Crippen LogP contribution in [-0.4, -0.2) is 45.2 Å². The third-order valence-corrected chi connectivity index (χ3v) is 5.18. The normalized spacial score (nSPS) is 11.3. The van der Waals surface area contributed by atoms with Gasteiger partial charge in [0.15, 0.2) is 0 Å². The molecule has 0 unspecified atom stereocenters. The number of amides is 1. The van der Waals surface area contributed by atoms with Crippen LogP contribution in [0.25, 0.3) is 11.0 Å². The lowest BCUT2D eigenvalue weighted by Gasteiger charge is -2.20. The van der Waals surface area contributed by atoms with Gasteiger partial charge in [0.2, 0.25) is 5.91 Å². The van der Waals surface area contributed by atoms with Crippen LogP contribution < -0.4 is 5.32 Å². The summed E-state index contributed by atoms with van der Waals surface area (Å²) in [5.74, 6) is 0.735. The highest BCUT2D eigenvalue weighted by atomic mass is 35.5. The largest absolute Gasteiger partial charge is 0.395 e. The van der Waals surface area contributed by atoms with Gasteiger partial charge in [-0.2, -0.15) is 0 Å². The van der Waals surface area contributed by atoms with Crippen molar-refractivity contribution in [3.05, 3.63) is 63.9 Å². The Balaban J connectivity index is 1.66. The van der Waals surface area contributed by atoms with Crippen molar-refractivity contribution >= 4 is 40.1 Å². The van der Waals surface area contributed by atoms with E-state index >= 15 is 0 Å². The minimum atomic E-state index is -0.0605. The van der Waals surface area contributed by atoms with Crippen molar-refractivity contribution in [1.29, 1.82) is 0 Å². The molecule has 0 aliphatic rings. The molecule has 154 valence electrons. The molecular formula is C21H24Cl2N4O2. The molecule has 0 saturated heterocycles. The summed E-state index contributed by atoms with van der Waals surface area (Å²) in [6.45, 7) is 4.32. The SMILES string of the molecule is CCN(CC(=O)NCc1ccc(Cl)cc1)Cc1nc2ccc(Cl)cc2n1CCO. The van der Waals surface area contributed by atoms with Gasteiger partial charge in [0, 0.05) is 23.1 Å². The number of imidazole rings is 1. The fourth-order valence-corrected chi connectivity index (χ4v) is 3.45. The van der Waals surface area contributed by atoms with E-state index in [4.69, 9.17) is 23.2 Å². The van der Waals surface area contributed by atoms with Gasteiger partial charge in [-0.15, -0.1) is 0 Å². The molecule has 0 spiro atoms. The number of hydrogen-bond acceptors (Lipinski definition) is 4. The summed E-state index contributed by atoms with van der Waals surface area (Å²) in [5.41, 5.74) is 2.69. The molecule has 0 saturated carbocycles. The summed E-state index contributed by atoms with van der Waals surface area (Å²) in [4.78, 5) is 19.1. The topological polar surface area (TPSA) is 70.4 Å². The molecular weight excluding hydrogens is 411 g/mol. The second kappa shape index (κ2) is 10.1. The smallest absolute Gasteiger partial charge is 0.234 e. The van der Waals surface area contributed by atoms with E-state index in [-0.39, 0.29) is 19.1 Å². The number of nitrogens with zero attached hydrogens (tertiary/aromatic N) is 3. The Morgan fingerprint density at radius 3 is 2.59 bits per heavy atom. The summed E-state index contributed by atoms with van der Waals surface area (Å²) < 4.78 is 1.95. The van der Waals surface area contributed by atoms with Crippen LogP contribution in [0.5, 0.6) is 0 Å².